The highest BCUT2D eigenvalue weighted by atomic mass is 16.6. The smallest absolute Gasteiger partial charge is 0.342 e. The molecule has 0 saturated heterocycles. The van der Waals surface area contributed by atoms with Gasteiger partial charge in [0.15, 0.2) is 0 Å². The first kappa shape index (κ1) is 35.7. The molecule has 0 aromatic heterocycles. The summed E-state index contributed by atoms with van der Waals surface area (Å²) in [5.41, 5.74) is 2.24. The van der Waals surface area contributed by atoms with Crippen LogP contribution in [0.1, 0.15) is 115 Å². The van der Waals surface area contributed by atoms with Gasteiger partial charge in [0, 0.05) is 10.8 Å². The van der Waals surface area contributed by atoms with Gasteiger partial charge in [0.25, 0.3) is 0 Å². The summed E-state index contributed by atoms with van der Waals surface area (Å²) in [6, 6.07) is 29.2. The van der Waals surface area contributed by atoms with E-state index in [0.29, 0.717) is 17.2 Å². The number of hydrogen-bond acceptors (Lipinski definition) is 6. The van der Waals surface area contributed by atoms with Gasteiger partial charge in [-0.3, -0.25) is 4.79 Å². The van der Waals surface area contributed by atoms with E-state index in [0.717, 1.165) is 40.8 Å². The standard InChI is InChI=1S/C43H50O6/c1-11-43(10,12-2)49-35-24-17-31(18-25-35)42(8,9)32-19-26-37-36(27-32)38(44)46-28(3)40(4,5)39(45)48-34-22-15-30(16-23-34)41(6,7)29-13-20-33(47-37)21-14-29/h13-28H,11-12H2,1-10H3. The zero-order valence-electron chi connectivity index (χ0n) is 30.6. The van der Waals surface area contributed by atoms with Crippen molar-refractivity contribution in [3.8, 4) is 23.0 Å². The van der Waals surface area contributed by atoms with Crippen molar-refractivity contribution in [1.29, 1.82) is 0 Å². The van der Waals surface area contributed by atoms with Gasteiger partial charge in [-0.05, 0) is 111 Å². The second-order valence-electron chi connectivity index (χ2n) is 15.1. The highest BCUT2D eigenvalue weighted by molar-refractivity contribution is 5.93. The maximum atomic E-state index is 14.0. The van der Waals surface area contributed by atoms with E-state index in [9.17, 15) is 9.59 Å². The molecule has 3 aliphatic rings. The zero-order valence-corrected chi connectivity index (χ0v) is 30.6. The Morgan fingerprint density at radius 2 is 1.20 bits per heavy atom. The molecule has 1 unspecified atom stereocenters. The molecule has 0 spiro atoms. The van der Waals surface area contributed by atoms with Crippen LogP contribution in [-0.2, 0) is 20.4 Å². The normalized spacial score (nSPS) is 17.6. The van der Waals surface area contributed by atoms with Gasteiger partial charge in [-0.1, -0.05) is 84.0 Å². The first-order chi connectivity index (χ1) is 23.0. The number of esters is 2. The third-order valence-corrected chi connectivity index (χ3v) is 10.8. The van der Waals surface area contributed by atoms with Gasteiger partial charge in [-0.15, -0.1) is 0 Å². The Bertz CT molecular complexity index is 1790. The largest absolute Gasteiger partial charge is 0.488 e. The quantitative estimate of drug-likeness (QED) is 0.151. The van der Waals surface area contributed by atoms with Crippen LogP contribution in [0.5, 0.6) is 23.0 Å². The highest BCUT2D eigenvalue weighted by Crippen LogP contribution is 2.39. The van der Waals surface area contributed by atoms with Crippen molar-refractivity contribution in [3.63, 3.8) is 0 Å². The molecular formula is C43H50O6. The molecular weight excluding hydrogens is 612 g/mol. The predicted octanol–water partition coefficient (Wildman–Crippen LogP) is 10.6. The van der Waals surface area contributed by atoms with E-state index in [1.54, 1.807) is 32.9 Å². The lowest BCUT2D eigenvalue weighted by molar-refractivity contribution is -0.149. The Morgan fingerprint density at radius 3 is 1.73 bits per heavy atom. The summed E-state index contributed by atoms with van der Waals surface area (Å²) in [7, 11) is 0. The molecule has 6 nitrogen and oxygen atoms in total. The lowest BCUT2D eigenvalue weighted by Crippen LogP contribution is -2.41. The summed E-state index contributed by atoms with van der Waals surface area (Å²) in [5.74, 6) is 1.13. The molecule has 4 aromatic carbocycles. The maximum Gasteiger partial charge on any atom is 0.342 e. The fraction of sp³-hybridized carbons (Fsp3) is 0.395. The molecule has 7 rings (SSSR count). The molecule has 4 bridgehead atoms. The highest BCUT2D eigenvalue weighted by Gasteiger charge is 2.40. The second-order valence-corrected chi connectivity index (χ2v) is 15.1. The van der Waals surface area contributed by atoms with Crippen LogP contribution in [0.15, 0.2) is 91.0 Å². The van der Waals surface area contributed by atoms with Crippen molar-refractivity contribution in [2.45, 2.75) is 105 Å². The van der Waals surface area contributed by atoms with E-state index in [1.807, 2.05) is 66.7 Å². The van der Waals surface area contributed by atoms with Gasteiger partial charge in [-0.25, -0.2) is 4.79 Å². The molecule has 0 amide bonds. The van der Waals surface area contributed by atoms with Gasteiger partial charge >= 0.3 is 11.9 Å². The average molecular weight is 663 g/mol. The van der Waals surface area contributed by atoms with Crippen LogP contribution >= 0.6 is 0 Å². The SMILES string of the molecule is CCC(C)(CC)Oc1ccc(C(C)(C)c2ccc3c(c2)C(=O)OC(C)C(C)(C)C(=O)Oc2ccc(cc2)C(C)(C)c2ccc(cc2)O3)cc1. The van der Waals surface area contributed by atoms with Gasteiger partial charge < -0.3 is 18.9 Å². The molecule has 0 saturated carbocycles. The van der Waals surface area contributed by atoms with E-state index in [-0.39, 0.29) is 16.6 Å². The molecule has 0 fully saturated rings. The second kappa shape index (κ2) is 13.4. The Hall–Kier alpha value is -4.58. The lowest BCUT2D eigenvalue weighted by atomic mass is 9.77. The summed E-state index contributed by atoms with van der Waals surface area (Å²) >= 11 is 0. The van der Waals surface area contributed by atoms with Crippen molar-refractivity contribution in [3.05, 3.63) is 119 Å². The summed E-state index contributed by atoms with van der Waals surface area (Å²) in [6.07, 6.45) is 1.02. The summed E-state index contributed by atoms with van der Waals surface area (Å²) in [6.45, 7) is 20.1. The molecule has 0 aliphatic carbocycles. The average Bonchev–Trinajstić information content (AvgIpc) is 3.08. The third kappa shape index (κ3) is 7.24. The van der Waals surface area contributed by atoms with Crippen LogP contribution in [0.25, 0.3) is 0 Å². The van der Waals surface area contributed by atoms with Crippen LogP contribution < -0.4 is 14.2 Å². The summed E-state index contributed by atoms with van der Waals surface area (Å²) in [5, 5.41) is 0. The Kier molecular flexibility index (Phi) is 9.75. The maximum absolute atomic E-state index is 14.0. The van der Waals surface area contributed by atoms with E-state index in [2.05, 4.69) is 60.6 Å². The van der Waals surface area contributed by atoms with E-state index < -0.39 is 28.9 Å². The summed E-state index contributed by atoms with van der Waals surface area (Å²) in [4.78, 5) is 27.4. The predicted molar refractivity (Wildman–Crippen MR) is 194 cm³/mol. The van der Waals surface area contributed by atoms with Crippen LogP contribution in [0.2, 0.25) is 0 Å². The van der Waals surface area contributed by atoms with Crippen LogP contribution in [-0.4, -0.2) is 23.6 Å². The number of benzene rings is 4. The molecule has 258 valence electrons. The summed E-state index contributed by atoms with van der Waals surface area (Å²) < 4.78 is 24.5. The Balaban J connectivity index is 1.54. The van der Waals surface area contributed by atoms with E-state index in [4.69, 9.17) is 18.9 Å². The molecule has 3 heterocycles. The number of hydrogen-bond donors (Lipinski definition) is 0. The third-order valence-electron chi connectivity index (χ3n) is 10.8. The van der Waals surface area contributed by atoms with Crippen molar-refractivity contribution in [2.75, 3.05) is 0 Å². The van der Waals surface area contributed by atoms with Crippen molar-refractivity contribution >= 4 is 11.9 Å². The van der Waals surface area contributed by atoms with Crippen molar-refractivity contribution < 1.29 is 28.5 Å². The molecule has 4 aromatic rings. The number of rotatable bonds is 6. The minimum atomic E-state index is -1.14. The minimum absolute atomic E-state index is 0.220. The van der Waals surface area contributed by atoms with Gasteiger partial charge in [0.05, 0.1) is 5.41 Å². The number of carbonyl (C=O) groups excluding carboxylic acids is 2. The number of fused-ring (bicyclic) bond motifs is 2. The first-order valence-electron chi connectivity index (χ1n) is 17.3. The van der Waals surface area contributed by atoms with E-state index in [1.165, 1.54) is 0 Å². The van der Waals surface area contributed by atoms with E-state index >= 15 is 0 Å². The monoisotopic (exact) mass is 662 g/mol. The van der Waals surface area contributed by atoms with Gasteiger partial charge in [-0.2, -0.15) is 0 Å². The Morgan fingerprint density at radius 1 is 0.694 bits per heavy atom. The number of ether oxygens (including phenoxy) is 4. The molecule has 6 heteroatoms. The topological polar surface area (TPSA) is 71.1 Å². The van der Waals surface area contributed by atoms with Crippen LogP contribution in [0.4, 0.5) is 0 Å². The van der Waals surface area contributed by atoms with Crippen LogP contribution in [0, 0.1) is 5.41 Å². The number of carbonyl (C=O) groups is 2. The first-order valence-corrected chi connectivity index (χ1v) is 17.3. The Labute approximate surface area is 291 Å². The van der Waals surface area contributed by atoms with Crippen molar-refractivity contribution in [1.82, 2.24) is 0 Å². The molecule has 1 atom stereocenters. The fourth-order valence-electron chi connectivity index (χ4n) is 5.90. The van der Waals surface area contributed by atoms with Crippen LogP contribution in [0.3, 0.4) is 0 Å². The molecule has 0 radical (unpaired) electrons. The molecule has 0 N–H and O–H groups in total. The molecule has 3 aliphatic heterocycles. The van der Waals surface area contributed by atoms with Gasteiger partial charge in [0.2, 0.25) is 0 Å². The minimum Gasteiger partial charge on any atom is -0.488 e. The lowest BCUT2D eigenvalue weighted by Gasteiger charge is -2.31. The zero-order chi connectivity index (χ0) is 35.8. The van der Waals surface area contributed by atoms with Crippen molar-refractivity contribution in [2.24, 2.45) is 5.41 Å². The fourth-order valence-corrected chi connectivity index (χ4v) is 5.90. The molecule has 49 heavy (non-hydrogen) atoms. The van der Waals surface area contributed by atoms with Gasteiger partial charge in [0.1, 0.15) is 40.3 Å².